The number of nitrogens with one attached hydrogen (secondary N) is 1. The molecule has 1 aliphatic rings. The Morgan fingerprint density at radius 1 is 1.17 bits per heavy atom. The summed E-state index contributed by atoms with van der Waals surface area (Å²) in [4.78, 5) is 37.0. The third kappa shape index (κ3) is 2.26. The van der Waals surface area contributed by atoms with Crippen LogP contribution in [0, 0.1) is 11.3 Å². The van der Waals surface area contributed by atoms with E-state index in [0.717, 1.165) is 12.8 Å². The number of rotatable bonds is 4. The van der Waals surface area contributed by atoms with Crippen molar-refractivity contribution in [3.05, 3.63) is 0 Å². The minimum Gasteiger partial charge on any atom is -0.277 e. The number of hydrogen-bond acceptors (Lipinski definition) is 3. The Hall–Kier alpha value is -1.39. The van der Waals surface area contributed by atoms with Gasteiger partial charge in [0.15, 0.2) is 0 Å². The minimum absolute atomic E-state index is 0.195. The molecule has 1 aliphatic heterocycles. The highest BCUT2D eigenvalue weighted by molar-refractivity contribution is 6.18. The van der Waals surface area contributed by atoms with Gasteiger partial charge in [0.1, 0.15) is 5.41 Å². The van der Waals surface area contributed by atoms with E-state index in [1.807, 2.05) is 20.8 Å². The average molecular weight is 254 g/mol. The highest BCUT2D eigenvalue weighted by Crippen LogP contribution is 2.28. The fourth-order valence-electron chi connectivity index (χ4n) is 2.36. The van der Waals surface area contributed by atoms with E-state index in [4.69, 9.17) is 0 Å². The van der Waals surface area contributed by atoms with Gasteiger partial charge in [-0.3, -0.25) is 19.8 Å². The van der Waals surface area contributed by atoms with Crippen LogP contribution in [-0.4, -0.2) is 28.8 Å². The molecule has 0 aromatic heterocycles. The lowest BCUT2D eigenvalue weighted by Gasteiger charge is -2.40. The van der Waals surface area contributed by atoms with Crippen LogP contribution >= 0.6 is 0 Å². The predicted molar refractivity (Wildman–Crippen MR) is 67.7 cm³/mol. The normalized spacial score (nSPS) is 21.2. The Morgan fingerprint density at radius 2 is 1.67 bits per heavy atom. The molecule has 0 aromatic carbocycles. The van der Waals surface area contributed by atoms with Gasteiger partial charge >= 0.3 is 6.03 Å². The van der Waals surface area contributed by atoms with Crippen LogP contribution in [0.2, 0.25) is 0 Å². The highest BCUT2D eigenvalue weighted by atomic mass is 16.2. The van der Waals surface area contributed by atoms with E-state index in [1.54, 1.807) is 13.8 Å². The molecule has 1 unspecified atom stereocenters. The lowest BCUT2D eigenvalue weighted by Crippen LogP contribution is -2.64. The second-order valence-corrected chi connectivity index (χ2v) is 5.38. The van der Waals surface area contributed by atoms with Gasteiger partial charge in [0.25, 0.3) is 0 Å². The van der Waals surface area contributed by atoms with Gasteiger partial charge in [0.2, 0.25) is 11.8 Å². The van der Waals surface area contributed by atoms with Gasteiger partial charge < -0.3 is 0 Å². The van der Waals surface area contributed by atoms with Crippen LogP contribution in [0.25, 0.3) is 0 Å². The van der Waals surface area contributed by atoms with Gasteiger partial charge in [0, 0.05) is 6.04 Å². The first kappa shape index (κ1) is 14.7. The predicted octanol–water partition coefficient (Wildman–Crippen LogP) is 1.92. The van der Waals surface area contributed by atoms with Crippen LogP contribution in [0.1, 0.15) is 47.5 Å². The standard InChI is InChI=1S/C13H22N2O3/c1-6-9(7-2)8(3)15-11(17)13(4,5)10(16)14-12(15)18/h8-9H,6-7H2,1-5H3,(H,14,16,18). The molecule has 1 atom stereocenters. The number of hydrogen-bond donors (Lipinski definition) is 1. The summed E-state index contributed by atoms with van der Waals surface area (Å²) in [7, 11) is 0. The molecule has 0 bridgehead atoms. The number of carbonyl (C=O) groups excluding carboxylic acids is 3. The zero-order chi connectivity index (χ0) is 14.1. The molecule has 1 saturated heterocycles. The summed E-state index contributed by atoms with van der Waals surface area (Å²) in [5.74, 6) is -0.676. The molecular weight excluding hydrogens is 232 g/mol. The zero-order valence-corrected chi connectivity index (χ0v) is 11.7. The molecule has 0 radical (unpaired) electrons. The second kappa shape index (κ2) is 5.08. The van der Waals surface area contributed by atoms with Crippen LogP contribution in [0.3, 0.4) is 0 Å². The van der Waals surface area contributed by atoms with Crippen LogP contribution in [0.4, 0.5) is 4.79 Å². The first-order chi connectivity index (χ1) is 8.27. The molecule has 102 valence electrons. The van der Waals surface area contributed by atoms with Crippen LogP contribution < -0.4 is 5.32 Å². The number of urea groups is 1. The van der Waals surface area contributed by atoms with E-state index in [9.17, 15) is 14.4 Å². The molecule has 1 rings (SSSR count). The van der Waals surface area contributed by atoms with Crippen molar-refractivity contribution in [2.45, 2.75) is 53.5 Å². The third-order valence-corrected chi connectivity index (χ3v) is 3.90. The zero-order valence-electron chi connectivity index (χ0n) is 11.7. The van der Waals surface area contributed by atoms with Crippen molar-refractivity contribution in [2.24, 2.45) is 11.3 Å². The molecule has 0 aliphatic carbocycles. The Balaban J connectivity index is 3.04. The van der Waals surface area contributed by atoms with E-state index in [0.29, 0.717) is 0 Å². The summed E-state index contributed by atoms with van der Waals surface area (Å²) in [5.41, 5.74) is -1.17. The van der Waals surface area contributed by atoms with E-state index < -0.39 is 23.3 Å². The molecular formula is C13H22N2O3. The van der Waals surface area contributed by atoms with Crippen molar-refractivity contribution in [1.82, 2.24) is 10.2 Å². The Labute approximate surface area is 108 Å². The van der Waals surface area contributed by atoms with Crippen LogP contribution in [0.15, 0.2) is 0 Å². The van der Waals surface area contributed by atoms with Gasteiger partial charge in [-0.2, -0.15) is 0 Å². The lowest BCUT2D eigenvalue weighted by atomic mass is 9.86. The maximum atomic E-state index is 12.3. The van der Waals surface area contributed by atoms with Crippen molar-refractivity contribution < 1.29 is 14.4 Å². The van der Waals surface area contributed by atoms with Gasteiger partial charge in [-0.25, -0.2) is 4.79 Å². The Kier molecular flexibility index (Phi) is 4.14. The molecule has 5 heteroatoms. The van der Waals surface area contributed by atoms with Gasteiger partial charge in [-0.1, -0.05) is 26.7 Å². The van der Waals surface area contributed by atoms with Gasteiger partial charge in [-0.05, 0) is 26.7 Å². The SMILES string of the molecule is CCC(CC)C(C)N1C(=O)NC(=O)C(C)(C)C1=O. The molecule has 1 fully saturated rings. The molecule has 0 saturated carbocycles. The molecule has 1 heterocycles. The first-order valence-electron chi connectivity index (χ1n) is 6.46. The molecule has 4 amide bonds. The molecule has 1 N–H and O–H groups in total. The van der Waals surface area contributed by atoms with Crippen LogP contribution in [0.5, 0.6) is 0 Å². The van der Waals surface area contributed by atoms with Crippen molar-refractivity contribution in [1.29, 1.82) is 0 Å². The third-order valence-electron chi connectivity index (χ3n) is 3.90. The number of barbiturate groups is 1. The molecule has 0 aromatic rings. The van der Waals surface area contributed by atoms with Crippen LogP contribution in [-0.2, 0) is 9.59 Å². The summed E-state index contributed by atoms with van der Waals surface area (Å²) in [6.45, 7) is 9.02. The smallest absolute Gasteiger partial charge is 0.277 e. The Morgan fingerprint density at radius 3 is 2.11 bits per heavy atom. The summed E-state index contributed by atoms with van der Waals surface area (Å²) >= 11 is 0. The van der Waals surface area contributed by atoms with Gasteiger partial charge in [-0.15, -0.1) is 0 Å². The number of imide groups is 2. The maximum Gasteiger partial charge on any atom is 0.331 e. The minimum atomic E-state index is -1.17. The monoisotopic (exact) mass is 254 g/mol. The van der Waals surface area contributed by atoms with Crippen molar-refractivity contribution in [3.63, 3.8) is 0 Å². The van der Waals surface area contributed by atoms with E-state index in [2.05, 4.69) is 5.32 Å². The molecule has 5 nitrogen and oxygen atoms in total. The van der Waals surface area contributed by atoms with Gasteiger partial charge in [0.05, 0.1) is 0 Å². The summed E-state index contributed by atoms with van der Waals surface area (Å²) in [5, 5.41) is 2.26. The first-order valence-corrected chi connectivity index (χ1v) is 6.46. The fourth-order valence-corrected chi connectivity index (χ4v) is 2.36. The highest BCUT2D eigenvalue weighted by Gasteiger charge is 2.49. The van der Waals surface area contributed by atoms with E-state index in [1.165, 1.54) is 4.90 Å². The van der Waals surface area contributed by atoms with E-state index in [-0.39, 0.29) is 12.0 Å². The molecule has 18 heavy (non-hydrogen) atoms. The topological polar surface area (TPSA) is 66.5 Å². The largest absolute Gasteiger partial charge is 0.331 e. The maximum absolute atomic E-state index is 12.3. The molecule has 0 spiro atoms. The van der Waals surface area contributed by atoms with E-state index >= 15 is 0 Å². The number of amides is 4. The summed E-state index contributed by atoms with van der Waals surface area (Å²) in [6, 6.07) is -0.788. The van der Waals surface area contributed by atoms with Crippen molar-refractivity contribution >= 4 is 17.8 Å². The average Bonchev–Trinajstić information content (AvgIpc) is 2.28. The summed E-state index contributed by atoms with van der Waals surface area (Å²) in [6.07, 6.45) is 1.78. The Bertz CT molecular complexity index is 372. The number of nitrogens with zero attached hydrogens (tertiary/aromatic N) is 1. The van der Waals surface area contributed by atoms with Crippen molar-refractivity contribution in [3.8, 4) is 0 Å². The number of carbonyl (C=O) groups is 3. The summed E-state index contributed by atoms with van der Waals surface area (Å²) < 4.78 is 0. The lowest BCUT2D eigenvalue weighted by molar-refractivity contribution is -0.151. The second-order valence-electron chi connectivity index (χ2n) is 5.38. The van der Waals surface area contributed by atoms with Crippen molar-refractivity contribution in [2.75, 3.05) is 0 Å². The fraction of sp³-hybridized carbons (Fsp3) is 0.769. The quantitative estimate of drug-likeness (QED) is 0.779.